The molecule has 2 atom stereocenters. The summed E-state index contributed by atoms with van der Waals surface area (Å²) in [4.78, 5) is 14.0. The number of hydrogen-bond donors (Lipinski definition) is 1. The first-order valence-corrected chi connectivity index (χ1v) is 6.96. The summed E-state index contributed by atoms with van der Waals surface area (Å²) in [7, 11) is 0. The van der Waals surface area contributed by atoms with Gasteiger partial charge in [-0.2, -0.15) is 11.8 Å². The number of aromatic hydroxyl groups is 1. The fourth-order valence-corrected chi connectivity index (χ4v) is 3.15. The number of carbonyl (C=O) groups excluding carboxylic acids is 1. The highest BCUT2D eigenvalue weighted by Gasteiger charge is 2.30. The molecule has 18 heavy (non-hydrogen) atoms. The molecular formula is C13H16FNO2S. The van der Waals surface area contributed by atoms with Gasteiger partial charge in [0, 0.05) is 23.6 Å². The first kappa shape index (κ1) is 13.2. The first-order valence-electron chi connectivity index (χ1n) is 5.92. The molecule has 0 radical (unpaired) electrons. The third-order valence-electron chi connectivity index (χ3n) is 3.33. The van der Waals surface area contributed by atoms with Crippen molar-refractivity contribution in [2.75, 3.05) is 12.3 Å². The fraction of sp³-hybridized carbons (Fsp3) is 0.462. The summed E-state index contributed by atoms with van der Waals surface area (Å²) in [6.45, 7) is 4.68. The van der Waals surface area contributed by atoms with Crippen molar-refractivity contribution in [1.82, 2.24) is 4.90 Å². The van der Waals surface area contributed by atoms with Crippen molar-refractivity contribution in [3.63, 3.8) is 0 Å². The Labute approximate surface area is 110 Å². The molecule has 0 spiro atoms. The molecule has 0 aromatic heterocycles. The number of nitrogens with zero attached hydrogens (tertiary/aromatic N) is 1. The maximum atomic E-state index is 13.2. The Morgan fingerprint density at radius 1 is 1.50 bits per heavy atom. The Hall–Kier alpha value is -1.23. The molecule has 5 heteroatoms. The van der Waals surface area contributed by atoms with Crippen molar-refractivity contribution in [1.29, 1.82) is 0 Å². The van der Waals surface area contributed by atoms with E-state index >= 15 is 0 Å². The second kappa shape index (κ2) is 5.18. The Morgan fingerprint density at radius 2 is 2.22 bits per heavy atom. The van der Waals surface area contributed by atoms with E-state index in [4.69, 9.17) is 0 Å². The van der Waals surface area contributed by atoms with E-state index in [-0.39, 0.29) is 23.3 Å². The van der Waals surface area contributed by atoms with Gasteiger partial charge in [-0.3, -0.25) is 4.79 Å². The molecule has 1 aromatic rings. The van der Waals surface area contributed by atoms with Gasteiger partial charge in [0.25, 0.3) is 5.91 Å². The molecule has 1 aliphatic rings. The summed E-state index contributed by atoms with van der Waals surface area (Å²) in [5, 5.41) is 10.0. The van der Waals surface area contributed by atoms with Crippen LogP contribution in [0, 0.1) is 5.82 Å². The van der Waals surface area contributed by atoms with Crippen LogP contribution >= 0.6 is 11.8 Å². The molecular weight excluding hydrogens is 253 g/mol. The second-order valence-corrected chi connectivity index (χ2v) is 5.96. The Kier molecular flexibility index (Phi) is 3.80. The lowest BCUT2D eigenvalue weighted by Gasteiger charge is -2.37. The average molecular weight is 269 g/mol. The zero-order chi connectivity index (χ0) is 13.3. The maximum absolute atomic E-state index is 13.2. The molecule has 3 nitrogen and oxygen atoms in total. The number of thioether (sulfide) groups is 1. The molecule has 0 aliphatic carbocycles. The molecule has 2 rings (SSSR count). The van der Waals surface area contributed by atoms with Gasteiger partial charge in [-0.15, -0.1) is 0 Å². The topological polar surface area (TPSA) is 40.5 Å². The summed E-state index contributed by atoms with van der Waals surface area (Å²) < 4.78 is 13.2. The van der Waals surface area contributed by atoms with Gasteiger partial charge in [0.1, 0.15) is 11.6 Å². The minimum absolute atomic E-state index is 0.0425. The molecule has 1 aromatic carbocycles. The van der Waals surface area contributed by atoms with Crippen molar-refractivity contribution in [2.24, 2.45) is 0 Å². The van der Waals surface area contributed by atoms with Crippen LogP contribution in [-0.4, -0.2) is 39.5 Å². The first-order chi connectivity index (χ1) is 8.50. The summed E-state index contributed by atoms with van der Waals surface area (Å²) in [5.41, 5.74) is 0.0425. The van der Waals surface area contributed by atoms with Crippen LogP contribution in [-0.2, 0) is 0 Å². The van der Waals surface area contributed by atoms with E-state index in [1.807, 2.05) is 18.7 Å². The summed E-state index contributed by atoms with van der Waals surface area (Å²) in [6.07, 6.45) is 0. The van der Waals surface area contributed by atoms with E-state index in [0.717, 1.165) is 17.9 Å². The lowest BCUT2D eigenvalue weighted by Crippen LogP contribution is -2.48. The van der Waals surface area contributed by atoms with Gasteiger partial charge < -0.3 is 10.0 Å². The summed E-state index contributed by atoms with van der Waals surface area (Å²) in [6, 6.07) is 3.54. The normalized spacial score (nSPS) is 24.1. The van der Waals surface area contributed by atoms with Crippen molar-refractivity contribution in [3.05, 3.63) is 29.6 Å². The van der Waals surface area contributed by atoms with Gasteiger partial charge in [0.15, 0.2) is 0 Å². The highest BCUT2D eigenvalue weighted by Crippen LogP contribution is 2.28. The lowest BCUT2D eigenvalue weighted by molar-refractivity contribution is 0.0694. The van der Waals surface area contributed by atoms with Crippen LogP contribution in [0.25, 0.3) is 0 Å². The standard InChI is InChI=1S/C13H16FNO2S/c1-8-9(2)18-6-5-15(8)13(17)11-7-10(14)3-4-12(11)16/h3-4,7-9,16H,5-6H2,1-2H3. The predicted molar refractivity (Wildman–Crippen MR) is 70.5 cm³/mol. The molecule has 0 saturated carbocycles. The van der Waals surface area contributed by atoms with Crippen LogP contribution in [0.15, 0.2) is 18.2 Å². The average Bonchev–Trinajstić information content (AvgIpc) is 2.35. The van der Waals surface area contributed by atoms with Crippen LogP contribution < -0.4 is 0 Å². The minimum atomic E-state index is -0.511. The molecule has 1 saturated heterocycles. The van der Waals surface area contributed by atoms with Crippen LogP contribution in [0.3, 0.4) is 0 Å². The smallest absolute Gasteiger partial charge is 0.258 e. The van der Waals surface area contributed by atoms with Crippen LogP contribution in [0.4, 0.5) is 4.39 Å². The summed E-state index contributed by atoms with van der Waals surface area (Å²) in [5.74, 6) is -0.109. The monoisotopic (exact) mass is 269 g/mol. The van der Waals surface area contributed by atoms with E-state index in [9.17, 15) is 14.3 Å². The highest BCUT2D eigenvalue weighted by molar-refractivity contribution is 8.00. The van der Waals surface area contributed by atoms with E-state index in [1.54, 1.807) is 4.90 Å². The number of benzene rings is 1. The van der Waals surface area contributed by atoms with Crippen molar-refractivity contribution in [3.8, 4) is 5.75 Å². The largest absolute Gasteiger partial charge is 0.507 e. The zero-order valence-corrected chi connectivity index (χ0v) is 11.2. The van der Waals surface area contributed by atoms with Crippen molar-refractivity contribution in [2.45, 2.75) is 25.1 Å². The zero-order valence-electron chi connectivity index (χ0n) is 10.4. The van der Waals surface area contributed by atoms with Crippen LogP contribution in [0.2, 0.25) is 0 Å². The summed E-state index contributed by atoms with van der Waals surface area (Å²) >= 11 is 1.82. The molecule has 1 aliphatic heterocycles. The molecule has 2 unspecified atom stereocenters. The molecule has 1 amide bonds. The number of phenolic OH excluding ortho intramolecular Hbond substituents is 1. The van der Waals surface area contributed by atoms with E-state index in [1.165, 1.54) is 6.07 Å². The SMILES string of the molecule is CC1SCCN(C(=O)c2cc(F)ccc2O)C1C. The van der Waals surface area contributed by atoms with E-state index in [0.29, 0.717) is 11.8 Å². The predicted octanol–water partition coefficient (Wildman–Crippen LogP) is 2.50. The number of phenols is 1. The van der Waals surface area contributed by atoms with Gasteiger partial charge in [-0.25, -0.2) is 4.39 Å². The third kappa shape index (κ3) is 2.46. The maximum Gasteiger partial charge on any atom is 0.258 e. The number of amides is 1. The fourth-order valence-electron chi connectivity index (χ4n) is 2.05. The molecule has 1 heterocycles. The highest BCUT2D eigenvalue weighted by atomic mass is 32.2. The Balaban J connectivity index is 2.27. The number of hydrogen-bond acceptors (Lipinski definition) is 3. The molecule has 1 fully saturated rings. The van der Waals surface area contributed by atoms with Gasteiger partial charge >= 0.3 is 0 Å². The van der Waals surface area contributed by atoms with Crippen LogP contribution in [0.5, 0.6) is 5.75 Å². The van der Waals surface area contributed by atoms with Crippen LogP contribution in [0.1, 0.15) is 24.2 Å². The Bertz CT molecular complexity index is 466. The van der Waals surface area contributed by atoms with Gasteiger partial charge in [0.2, 0.25) is 0 Å². The van der Waals surface area contributed by atoms with E-state index < -0.39 is 5.82 Å². The molecule has 0 bridgehead atoms. The number of carbonyl (C=O) groups is 1. The van der Waals surface area contributed by atoms with Gasteiger partial charge in [-0.05, 0) is 25.1 Å². The van der Waals surface area contributed by atoms with Gasteiger partial charge in [-0.1, -0.05) is 6.92 Å². The molecule has 98 valence electrons. The lowest BCUT2D eigenvalue weighted by atomic mass is 10.1. The quantitative estimate of drug-likeness (QED) is 0.851. The van der Waals surface area contributed by atoms with E-state index in [2.05, 4.69) is 6.92 Å². The number of halogens is 1. The van der Waals surface area contributed by atoms with Crippen molar-refractivity contribution < 1.29 is 14.3 Å². The minimum Gasteiger partial charge on any atom is -0.507 e. The Morgan fingerprint density at radius 3 is 2.94 bits per heavy atom. The third-order valence-corrected chi connectivity index (χ3v) is 4.67. The van der Waals surface area contributed by atoms with Gasteiger partial charge in [0.05, 0.1) is 5.56 Å². The number of rotatable bonds is 1. The molecule has 1 N–H and O–H groups in total. The second-order valence-electron chi connectivity index (χ2n) is 4.48. The van der Waals surface area contributed by atoms with Crippen molar-refractivity contribution >= 4 is 17.7 Å².